The third-order valence-corrected chi connectivity index (χ3v) is 7.89. The maximum Gasteiger partial charge on any atom is 0.212 e. The minimum absolute atomic E-state index is 0.205. The first-order valence-electron chi connectivity index (χ1n) is 13.6. The molecule has 5 aromatic rings. The van der Waals surface area contributed by atoms with E-state index in [4.69, 9.17) is 11.6 Å². The molecule has 0 radical (unpaired) electrons. The number of pyridine rings is 2. The fraction of sp³-hybridized carbons (Fsp3) is 0.233. The van der Waals surface area contributed by atoms with Crippen LogP contribution < -0.4 is 10.6 Å². The second-order valence-electron chi connectivity index (χ2n) is 10.5. The Balaban J connectivity index is 1.46. The summed E-state index contributed by atoms with van der Waals surface area (Å²) >= 11 is 6.77. The molecule has 0 amide bonds. The van der Waals surface area contributed by atoms with E-state index in [1.54, 1.807) is 12.1 Å². The number of anilines is 2. The van der Waals surface area contributed by atoms with Gasteiger partial charge in [0.2, 0.25) is 5.95 Å². The van der Waals surface area contributed by atoms with Crippen LogP contribution in [0.4, 0.5) is 20.2 Å². The van der Waals surface area contributed by atoms with Gasteiger partial charge in [-0.05, 0) is 42.2 Å². The minimum atomic E-state index is -0.973. The molecule has 2 N–H and O–H groups in total. The molecule has 12 heteroatoms. The van der Waals surface area contributed by atoms with Crippen molar-refractivity contribution in [3.63, 3.8) is 0 Å². The molecule has 2 aromatic carbocycles. The van der Waals surface area contributed by atoms with Crippen LogP contribution in [-0.4, -0.2) is 39.5 Å². The van der Waals surface area contributed by atoms with Crippen molar-refractivity contribution in [3.8, 4) is 6.07 Å². The van der Waals surface area contributed by atoms with E-state index in [9.17, 15) is 14.0 Å². The molecule has 1 aliphatic carbocycles. The van der Waals surface area contributed by atoms with Gasteiger partial charge in [-0.15, -0.1) is 5.10 Å². The predicted octanol–water partition coefficient (Wildman–Crippen LogP) is 5.68. The molecule has 0 spiro atoms. The Morgan fingerprint density at radius 1 is 1.14 bits per heavy atom. The quantitative estimate of drug-likeness (QED) is 0.161. The lowest BCUT2D eigenvalue weighted by molar-refractivity contribution is 0.451. The number of halogens is 3. The molecular formula is C30H26BClF2N8. The van der Waals surface area contributed by atoms with E-state index in [1.165, 1.54) is 18.5 Å². The first kappa shape index (κ1) is 27.6. The fourth-order valence-electron chi connectivity index (χ4n) is 5.13. The highest BCUT2D eigenvalue weighted by Crippen LogP contribution is 2.39. The minimum Gasteiger partial charge on any atom is -0.377 e. The van der Waals surface area contributed by atoms with Crippen molar-refractivity contribution in [2.75, 3.05) is 17.3 Å². The van der Waals surface area contributed by atoms with Crippen molar-refractivity contribution in [2.24, 2.45) is 0 Å². The summed E-state index contributed by atoms with van der Waals surface area (Å²) in [6.07, 6.45) is 7.11. The first-order chi connectivity index (χ1) is 20.4. The summed E-state index contributed by atoms with van der Waals surface area (Å²) in [5.74, 6) is -0.594. The van der Waals surface area contributed by atoms with Crippen molar-refractivity contribution in [2.45, 2.75) is 36.8 Å². The van der Waals surface area contributed by atoms with Gasteiger partial charge in [0, 0.05) is 29.9 Å². The lowest BCUT2D eigenvalue weighted by Gasteiger charge is -2.31. The lowest BCUT2D eigenvalue weighted by atomic mass is 9.70. The third-order valence-electron chi connectivity index (χ3n) is 7.61. The van der Waals surface area contributed by atoms with Crippen LogP contribution in [0.5, 0.6) is 0 Å². The number of benzene rings is 2. The molecular weight excluding hydrogens is 557 g/mol. The van der Waals surface area contributed by atoms with Gasteiger partial charge in [-0.1, -0.05) is 53.2 Å². The van der Waals surface area contributed by atoms with Gasteiger partial charge in [0.05, 0.1) is 52.2 Å². The van der Waals surface area contributed by atoms with Crippen LogP contribution in [0.25, 0.3) is 10.9 Å². The highest BCUT2D eigenvalue weighted by molar-refractivity contribution is 6.36. The van der Waals surface area contributed by atoms with E-state index in [1.807, 2.05) is 55.1 Å². The number of rotatable bonds is 10. The molecule has 1 saturated carbocycles. The molecule has 0 saturated heterocycles. The monoisotopic (exact) mass is 582 g/mol. The topological polar surface area (TPSA) is 104 Å². The predicted molar refractivity (Wildman–Crippen MR) is 160 cm³/mol. The van der Waals surface area contributed by atoms with Crippen LogP contribution >= 0.6 is 11.6 Å². The standard InChI is InChI=1S/C30H26BClF2N8/c31-30(20-6-9-27(34)36-16-20,26-17-42(41-40-26)22-7-8-22)39-21-12-23-28(19(14-35)15-37-29(23)24(32)13-21)38-25(10-11-33)18-4-2-1-3-5-18/h1-6,9,12-13,15-17,22,25,39H,7-8,10-11,31H2,(H,37,38)/t25-,30+/m1/s1. The molecule has 3 heterocycles. The Labute approximate surface area is 247 Å². The summed E-state index contributed by atoms with van der Waals surface area (Å²) in [6, 6.07) is 18.2. The molecule has 0 bridgehead atoms. The summed E-state index contributed by atoms with van der Waals surface area (Å²) in [7, 11) is 1.91. The maximum atomic E-state index is 13.8. The SMILES string of the molecule is B[C@](Nc1cc(Cl)c2ncc(C#N)c(N[C@H](CCF)c3ccccc3)c2c1)(c1ccc(F)nc1)c1cn(C2CC2)nn1. The van der Waals surface area contributed by atoms with Gasteiger partial charge >= 0.3 is 0 Å². The van der Waals surface area contributed by atoms with Gasteiger partial charge in [-0.25, -0.2) is 9.67 Å². The second-order valence-corrected chi connectivity index (χ2v) is 10.9. The summed E-state index contributed by atoms with van der Waals surface area (Å²) in [4.78, 5) is 8.33. The number of hydrogen-bond donors (Lipinski definition) is 2. The molecule has 1 aliphatic rings. The molecule has 3 aromatic heterocycles. The third kappa shape index (κ3) is 5.38. The van der Waals surface area contributed by atoms with Crippen LogP contribution in [0.1, 0.15) is 53.7 Å². The van der Waals surface area contributed by atoms with Gasteiger partial charge in [-0.3, -0.25) is 9.37 Å². The molecule has 8 nitrogen and oxygen atoms in total. The van der Waals surface area contributed by atoms with E-state index in [0.717, 1.165) is 18.4 Å². The summed E-state index contributed by atoms with van der Waals surface area (Å²) < 4.78 is 29.3. The van der Waals surface area contributed by atoms with Crippen LogP contribution in [0.2, 0.25) is 5.02 Å². The smallest absolute Gasteiger partial charge is 0.212 e. The van der Waals surface area contributed by atoms with Gasteiger partial charge < -0.3 is 10.6 Å². The average Bonchev–Trinajstić information content (AvgIpc) is 3.73. The number of nitrogens with one attached hydrogen (secondary N) is 2. The highest BCUT2D eigenvalue weighted by Gasteiger charge is 2.35. The lowest BCUT2D eigenvalue weighted by Crippen LogP contribution is -2.38. The number of hydrogen-bond acceptors (Lipinski definition) is 7. The summed E-state index contributed by atoms with van der Waals surface area (Å²) in [5, 5.41) is 26.6. The first-order valence-corrected chi connectivity index (χ1v) is 14.0. The molecule has 2 atom stereocenters. The largest absolute Gasteiger partial charge is 0.377 e. The second kappa shape index (κ2) is 11.4. The average molecular weight is 583 g/mol. The zero-order valence-electron chi connectivity index (χ0n) is 22.7. The molecule has 42 heavy (non-hydrogen) atoms. The highest BCUT2D eigenvalue weighted by atomic mass is 35.5. The molecule has 6 rings (SSSR count). The van der Waals surface area contributed by atoms with Gasteiger partial charge in [0.1, 0.15) is 19.6 Å². The van der Waals surface area contributed by atoms with Crippen molar-refractivity contribution < 1.29 is 8.78 Å². The van der Waals surface area contributed by atoms with Gasteiger partial charge in [0.15, 0.2) is 0 Å². The number of nitrogens with zero attached hydrogens (tertiary/aromatic N) is 6. The number of alkyl halides is 1. The molecule has 1 fully saturated rings. The van der Waals surface area contributed by atoms with E-state index in [2.05, 4.69) is 37.0 Å². The Morgan fingerprint density at radius 3 is 2.64 bits per heavy atom. The van der Waals surface area contributed by atoms with Crippen LogP contribution in [0.3, 0.4) is 0 Å². The van der Waals surface area contributed by atoms with Crippen LogP contribution in [0.15, 0.2) is 73.2 Å². The van der Waals surface area contributed by atoms with E-state index in [0.29, 0.717) is 50.2 Å². The Bertz CT molecular complexity index is 1770. The van der Waals surface area contributed by atoms with E-state index >= 15 is 0 Å². The number of aromatic nitrogens is 5. The Morgan fingerprint density at radius 2 is 1.95 bits per heavy atom. The van der Waals surface area contributed by atoms with E-state index in [-0.39, 0.29) is 6.42 Å². The van der Waals surface area contributed by atoms with Gasteiger partial charge in [-0.2, -0.15) is 9.65 Å². The van der Waals surface area contributed by atoms with Crippen molar-refractivity contribution in [1.82, 2.24) is 25.0 Å². The molecule has 0 aliphatic heterocycles. The van der Waals surface area contributed by atoms with E-state index < -0.39 is 24.1 Å². The Kier molecular flexibility index (Phi) is 7.48. The maximum absolute atomic E-state index is 13.8. The summed E-state index contributed by atoms with van der Waals surface area (Å²) in [5.41, 5.74) is 3.08. The van der Waals surface area contributed by atoms with Gasteiger partial charge in [0.25, 0.3) is 0 Å². The fourth-order valence-corrected chi connectivity index (χ4v) is 5.40. The van der Waals surface area contributed by atoms with Crippen molar-refractivity contribution in [1.29, 1.82) is 5.26 Å². The summed E-state index contributed by atoms with van der Waals surface area (Å²) in [6.45, 7) is -0.545. The Hall–Kier alpha value is -4.56. The number of fused-ring (bicyclic) bond motifs is 1. The zero-order chi connectivity index (χ0) is 29.3. The molecule has 0 unspecified atom stereocenters. The van der Waals surface area contributed by atoms with Crippen molar-refractivity contribution >= 4 is 41.7 Å². The van der Waals surface area contributed by atoms with Crippen LogP contribution in [0, 0.1) is 17.3 Å². The normalized spacial score (nSPS) is 15.1. The van der Waals surface area contributed by atoms with Crippen molar-refractivity contribution in [3.05, 3.63) is 107 Å². The van der Waals surface area contributed by atoms with Crippen LogP contribution in [-0.2, 0) is 5.44 Å². The zero-order valence-corrected chi connectivity index (χ0v) is 23.5. The molecule has 210 valence electrons. The number of nitriles is 1.